The molecule has 3 aromatic heterocycles. The van der Waals surface area contributed by atoms with Crippen molar-refractivity contribution in [2.45, 2.75) is 33.2 Å². The van der Waals surface area contributed by atoms with Crippen LogP contribution >= 0.6 is 0 Å². The molecule has 1 amide bonds. The van der Waals surface area contributed by atoms with E-state index >= 15 is 0 Å². The summed E-state index contributed by atoms with van der Waals surface area (Å²) in [6, 6.07) is 9.86. The Labute approximate surface area is 174 Å². The lowest BCUT2D eigenvalue weighted by Gasteiger charge is -2.13. The van der Waals surface area contributed by atoms with Gasteiger partial charge in [0.15, 0.2) is 5.65 Å². The van der Waals surface area contributed by atoms with Crippen LogP contribution in [0.1, 0.15) is 48.4 Å². The van der Waals surface area contributed by atoms with Gasteiger partial charge in [-0.05, 0) is 30.5 Å². The van der Waals surface area contributed by atoms with Crippen LogP contribution in [0.4, 0.5) is 5.95 Å². The highest BCUT2D eigenvalue weighted by atomic mass is 16.2. The minimum Gasteiger partial charge on any atom is -0.350 e. The third-order valence-electron chi connectivity index (χ3n) is 4.74. The van der Waals surface area contributed by atoms with Crippen LogP contribution < -0.4 is 10.6 Å². The molecule has 9 heteroatoms. The molecule has 0 aliphatic carbocycles. The molecule has 4 aromatic rings. The number of fused-ring (bicyclic) bond motifs is 1. The Morgan fingerprint density at radius 3 is 2.70 bits per heavy atom. The maximum Gasteiger partial charge on any atom is 0.289 e. The molecule has 30 heavy (non-hydrogen) atoms. The number of aromatic nitrogens is 6. The van der Waals surface area contributed by atoms with E-state index in [0.717, 1.165) is 16.8 Å². The van der Waals surface area contributed by atoms with Gasteiger partial charge in [-0.2, -0.15) is 19.7 Å². The predicted octanol–water partition coefficient (Wildman–Crippen LogP) is 2.80. The summed E-state index contributed by atoms with van der Waals surface area (Å²) >= 11 is 0. The van der Waals surface area contributed by atoms with Crippen molar-refractivity contribution in [1.82, 2.24) is 34.7 Å². The van der Waals surface area contributed by atoms with Gasteiger partial charge in [0.2, 0.25) is 11.8 Å². The van der Waals surface area contributed by atoms with E-state index in [4.69, 9.17) is 0 Å². The van der Waals surface area contributed by atoms with E-state index in [-0.39, 0.29) is 17.6 Å². The minimum absolute atomic E-state index is 0.120. The monoisotopic (exact) mass is 404 g/mol. The molecule has 0 bridgehead atoms. The Hall–Kier alpha value is -3.75. The van der Waals surface area contributed by atoms with E-state index in [0.29, 0.717) is 24.7 Å². The molecule has 0 unspecified atom stereocenters. The van der Waals surface area contributed by atoms with E-state index in [1.54, 1.807) is 16.9 Å². The second-order valence-corrected chi connectivity index (χ2v) is 7.15. The van der Waals surface area contributed by atoms with Crippen LogP contribution in [-0.4, -0.2) is 41.8 Å². The van der Waals surface area contributed by atoms with Gasteiger partial charge in [-0.1, -0.05) is 32.0 Å². The quantitative estimate of drug-likeness (QED) is 0.491. The standard InChI is InChI=1S/C21H24N8O/c1-4-22-20(30)18-26-19-16(14(2)3)13-25-29(19)21(27-18)23-12-15-8-5-6-9-17(15)28-11-7-10-24-28/h5-11,13-14H,4,12H2,1-3H3,(H,22,30)(H,23,26,27). The van der Waals surface area contributed by atoms with Gasteiger partial charge >= 0.3 is 0 Å². The lowest BCUT2D eigenvalue weighted by Crippen LogP contribution is -2.26. The van der Waals surface area contributed by atoms with Gasteiger partial charge in [-0.3, -0.25) is 4.79 Å². The van der Waals surface area contributed by atoms with Gasteiger partial charge in [0.1, 0.15) is 0 Å². The highest BCUT2D eigenvalue weighted by Gasteiger charge is 2.18. The van der Waals surface area contributed by atoms with Crippen LogP contribution in [0.2, 0.25) is 0 Å². The van der Waals surface area contributed by atoms with Gasteiger partial charge in [0.05, 0.1) is 11.9 Å². The number of nitrogens with one attached hydrogen (secondary N) is 2. The predicted molar refractivity (Wildman–Crippen MR) is 114 cm³/mol. The highest BCUT2D eigenvalue weighted by molar-refractivity contribution is 5.91. The van der Waals surface area contributed by atoms with Crippen LogP contribution in [0.3, 0.4) is 0 Å². The molecular weight excluding hydrogens is 380 g/mol. The van der Waals surface area contributed by atoms with Crippen molar-refractivity contribution in [3.63, 3.8) is 0 Å². The summed E-state index contributed by atoms with van der Waals surface area (Å²) in [4.78, 5) is 21.3. The van der Waals surface area contributed by atoms with E-state index in [1.165, 1.54) is 0 Å². The Bertz CT molecular complexity index is 1160. The third kappa shape index (κ3) is 3.73. The SMILES string of the molecule is CCNC(=O)c1nc(NCc2ccccc2-n2cccn2)n2ncc(C(C)C)c2n1. The summed E-state index contributed by atoms with van der Waals surface area (Å²) in [5.74, 6) is 0.488. The molecule has 0 saturated carbocycles. The summed E-state index contributed by atoms with van der Waals surface area (Å²) in [6.07, 6.45) is 5.42. The van der Waals surface area contributed by atoms with E-state index < -0.39 is 0 Å². The molecule has 1 aromatic carbocycles. The number of benzene rings is 1. The first-order valence-corrected chi connectivity index (χ1v) is 9.94. The van der Waals surface area contributed by atoms with Crippen molar-refractivity contribution in [2.24, 2.45) is 0 Å². The smallest absolute Gasteiger partial charge is 0.289 e. The van der Waals surface area contributed by atoms with Crippen molar-refractivity contribution >= 4 is 17.5 Å². The van der Waals surface area contributed by atoms with Gasteiger partial charge in [0.25, 0.3) is 5.91 Å². The van der Waals surface area contributed by atoms with Crippen molar-refractivity contribution < 1.29 is 4.79 Å². The van der Waals surface area contributed by atoms with Crippen molar-refractivity contribution in [2.75, 3.05) is 11.9 Å². The molecule has 9 nitrogen and oxygen atoms in total. The fraction of sp³-hybridized carbons (Fsp3) is 0.286. The molecule has 0 spiro atoms. The van der Waals surface area contributed by atoms with E-state index in [2.05, 4.69) is 44.6 Å². The zero-order valence-electron chi connectivity index (χ0n) is 17.2. The zero-order valence-corrected chi connectivity index (χ0v) is 17.2. The minimum atomic E-state index is -0.309. The van der Waals surface area contributed by atoms with Gasteiger partial charge < -0.3 is 10.6 Å². The lowest BCUT2D eigenvalue weighted by molar-refractivity contribution is 0.0945. The number of rotatable bonds is 7. The Balaban J connectivity index is 1.72. The Morgan fingerprint density at radius 1 is 1.13 bits per heavy atom. The van der Waals surface area contributed by atoms with Crippen molar-refractivity contribution in [3.05, 3.63) is 65.9 Å². The Kier molecular flexibility index (Phi) is 5.42. The number of carbonyl (C=O) groups is 1. The van der Waals surface area contributed by atoms with Gasteiger partial charge in [-0.25, -0.2) is 9.67 Å². The molecule has 0 aliphatic heterocycles. The van der Waals surface area contributed by atoms with Crippen LogP contribution in [0.15, 0.2) is 48.9 Å². The molecule has 0 atom stereocenters. The summed E-state index contributed by atoms with van der Waals surface area (Å²) in [5.41, 5.74) is 3.59. The molecule has 0 radical (unpaired) electrons. The summed E-state index contributed by atoms with van der Waals surface area (Å²) in [7, 11) is 0. The third-order valence-corrected chi connectivity index (χ3v) is 4.74. The molecule has 0 aliphatic rings. The van der Waals surface area contributed by atoms with Gasteiger partial charge in [-0.15, -0.1) is 0 Å². The van der Waals surface area contributed by atoms with Crippen molar-refractivity contribution in [3.8, 4) is 5.69 Å². The molecule has 154 valence electrons. The topological polar surface area (TPSA) is 102 Å². The van der Waals surface area contributed by atoms with E-state index in [1.807, 2.05) is 48.1 Å². The molecule has 0 fully saturated rings. The first-order chi connectivity index (χ1) is 14.6. The average molecular weight is 404 g/mol. The first kappa shape index (κ1) is 19.6. The highest BCUT2D eigenvalue weighted by Crippen LogP contribution is 2.22. The fourth-order valence-corrected chi connectivity index (χ4v) is 3.23. The number of anilines is 1. The fourth-order valence-electron chi connectivity index (χ4n) is 3.23. The van der Waals surface area contributed by atoms with Crippen LogP contribution in [0, 0.1) is 0 Å². The summed E-state index contributed by atoms with van der Waals surface area (Å²) < 4.78 is 3.46. The number of nitrogens with zero attached hydrogens (tertiary/aromatic N) is 6. The van der Waals surface area contributed by atoms with E-state index in [9.17, 15) is 4.79 Å². The Morgan fingerprint density at radius 2 is 1.97 bits per heavy atom. The normalized spacial score (nSPS) is 11.2. The molecule has 4 rings (SSSR count). The maximum atomic E-state index is 12.4. The lowest BCUT2D eigenvalue weighted by atomic mass is 10.1. The molecular formula is C21H24N8O. The molecule has 2 N–H and O–H groups in total. The second kappa shape index (κ2) is 8.32. The average Bonchev–Trinajstić information content (AvgIpc) is 3.42. The van der Waals surface area contributed by atoms with Crippen LogP contribution in [0.5, 0.6) is 0 Å². The number of para-hydroxylation sites is 1. The number of hydrogen-bond acceptors (Lipinski definition) is 6. The number of amides is 1. The first-order valence-electron chi connectivity index (χ1n) is 9.94. The van der Waals surface area contributed by atoms with Crippen LogP contribution in [0.25, 0.3) is 11.3 Å². The number of hydrogen-bond donors (Lipinski definition) is 2. The molecule has 3 heterocycles. The molecule has 0 saturated heterocycles. The van der Waals surface area contributed by atoms with Gasteiger partial charge in [0, 0.05) is 31.0 Å². The zero-order chi connectivity index (χ0) is 21.1. The van der Waals surface area contributed by atoms with Crippen LogP contribution in [-0.2, 0) is 6.54 Å². The number of carbonyl (C=O) groups excluding carboxylic acids is 1. The summed E-state index contributed by atoms with van der Waals surface area (Å²) in [5, 5.41) is 14.9. The largest absolute Gasteiger partial charge is 0.350 e. The second-order valence-electron chi connectivity index (χ2n) is 7.15. The summed E-state index contributed by atoms with van der Waals surface area (Å²) in [6.45, 7) is 6.98. The van der Waals surface area contributed by atoms with Crippen molar-refractivity contribution in [1.29, 1.82) is 0 Å². The maximum absolute atomic E-state index is 12.4.